The van der Waals surface area contributed by atoms with E-state index >= 15 is 0 Å². The monoisotopic (exact) mass is 1240 g/mol. The van der Waals surface area contributed by atoms with Crippen molar-refractivity contribution in [2.75, 3.05) is 4.90 Å². The van der Waals surface area contributed by atoms with E-state index in [1.807, 2.05) is 18.2 Å². The van der Waals surface area contributed by atoms with Crippen LogP contribution in [0.1, 0.15) is 44.5 Å². The number of aromatic nitrogens is 2. The number of rotatable bonds is 13. The summed E-state index contributed by atoms with van der Waals surface area (Å²) >= 11 is 0. The second-order valence-electron chi connectivity index (χ2n) is 24.1. The number of fused-ring (bicyclic) bond motifs is 6. The molecule has 0 spiro atoms. The summed E-state index contributed by atoms with van der Waals surface area (Å²) in [5.41, 5.74) is 28.1. The van der Waals surface area contributed by atoms with Gasteiger partial charge in [0, 0.05) is 50.0 Å². The van der Waals surface area contributed by atoms with Gasteiger partial charge >= 0.3 is 7.12 Å². The van der Waals surface area contributed by atoms with Crippen molar-refractivity contribution in [3.63, 3.8) is 0 Å². The second-order valence-corrected chi connectivity index (χ2v) is 24.1. The highest BCUT2D eigenvalue weighted by atomic mass is 16.4. The summed E-state index contributed by atoms with van der Waals surface area (Å²) in [7, 11) is -1.38. The molecule has 2 aromatic heterocycles. The zero-order valence-corrected chi connectivity index (χ0v) is 54.8. The molecule has 0 fully saturated rings. The van der Waals surface area contributed by atoms with E-state index in [1.165, 1.54) is 111 Å². The fourth-order valence-corrected chi connectivity index (χ4v) is 12.2. The van der Waals surface area contributed by atoms with Crippen LogP contribution < -0.4 is 10.4 Å². The maximum Gasteiger partial charge on any atom is 0.488 e. The molecule has 0 aliphatic heterocycles. The topological polar surface area (TPSA) is 53.6 Å². The van der Waals surface area contributed by atoms with Crippen molar-refractivity contribution >= 4 is 97.6 Å². The van der Waals surface area contributed by atoms with Crippen LogP contribution in [-0.2, 0) is 0 Å². The van der Waals surface area contributed by atoms with E-state index in [0.29, 0.717) is 5.46 Å². The fraction of sp³-hybridized carbons (Fsp3) is 0.0444. The summed E-state index contributed by atoms with van der Waals surface area (Å²) < 4.78 is 4.71. The van der Waals surface area contributed by atoms with Gasteiger partial charge in [-0.05, 0) is 186 Å². The third-order valence-electron chi connectivity index (χ3n) is 17.5. The predicted octanol–water partition coefficient (Wildman–Crippen LogP) is 22.9. The number of hydrogen-bond donors (Lipinski definition) is 2. The van der Waals surface area contributed by atoms with E-state index in [9.17, 15) is 0 Å². The van der Waals surface area contributed by atoms with Gasteiger partial charge in [-0.3, -0.25) is 0 Å². The van der Waals surface area contributed by atoms with Crippen molar-refractivity contribution in [3.05, 3.63) is 374 Å². The lowest BCUT2D eigenvalue weighted by atomic mass is 9.80. The van der Waals surface area contributed by atoms with Crippen LogP contribution in [0.5, 0.6) is 0 Å². The van der Waals surface area contributed by atoms with Crippen LogP contribution in [0.3, 0.4) is 0 Å². The third-order valence-corrected chi connectivity index (χ3v) is 17.5. The number of nitrogens with zero attached hydrogens (tertiary/aromatic N) is 3. The Labute approximate surface area is 564 Å². The van der Waals surface area contributed by atoms with E-state index in [-0.39, 0.29) is 0 Å². The molecule has 0 saturated carbocycles. The lowest BCUT2D eigenvalue weighted by Gasteiger charge is -2.26. The van der Waals surface area contributed by atoms with Crippen LogP contribution in [-0.4, -0.2) is 26.3 Å². The third kappa shape index (κ3) is 14.4. The number of benzene rings is 13. The Bertz CT molecular complexity index is 5020. The maximum atomic E-state index is 8.72. The Morgan fingerprint density at radius 2 is 0.542 bits per heavy atom. The molecule has 6 heteroatoms. The average molecular weight is 1240 g/mol. The van der Waals surface area contributed by atoms with Crippen LogP contribution in [0.4, 0.5) is 17.1 Å². The highest BCUT2D eigenvalue weighted by molar-refractivity contribution is 6.58. The van der Waals surface area contributed by atoms with Gasteiger partial charge in [0.1, 0.15) is 0 Å². The van der Waals surface area contributed by atoms with E-state index in [1.54, 1.807) is 30.3 Å². The molecule has 13 aromatic carbocycles. The van der Waals surface area contributed by atoms with Crippen molar-refractivity contribution < 1.29 is 10.0 Å². The van der Waals surface area contributed by atoms with Gasteiger partial charge in [-0.15, -0.1) is 0 Å². The van der Waals surface area contributed by atoms with Gasteiger partial charge in [0.2, 0.25) is 0 Å². The molecule has 466 valence electrons. The van der Waals surface area contributed by atoms with Crippen molar-refractivity contribution in [1.29, 1.82) is 0 Å². The van der Waals surface area contributed by atoms with Gasteiger partial charge in [-0.2, -0.15) is 0 Å². The molecule has 0 atom stereocenters. The first-order valence-corrected chi connectivity index (χ1v) is 32.4. The lowest BCUT2D eigenvalue weighted by Crippen LogP contribution is -2.29. The molecular weight excluding hydrogens is 1170 g/mol. The summed E-state index contributed by atoms with van der Waals surface area (Å²) in [6, 6.07) is 107. The molecule has 0 aliphatic carbocycles. The van der Waals surface area contributed by atoms with Crippen molar-refractivity contribution in [2.45, 2.75) is 27.7 Å². The van der Waals surface area contributed by atoms with Gasteiger partial charge < -0.3 is 24.1 Å². The summed E-state index contributed by atoms with van der Waals surface area (Å²) in [6.07, 6.45) is 7.31. The van der Waals surface area contributed by atoms with Gasteiger partial charge in [-0.25, -0.2) is 0 Å². The quantitative estimate of drug-likeness (QED) is 0.113. The van der Waals surface area contributed by atoms with Crippen molar-refractivity contribution in [1.82, 2.24) is 9.13 Å². The maximum absolute atomic E-state index is 8.72. The second kappa shape index (κ2) is 29.4. The molecule has 15 rings (SSSR count). The molecule has 0 aliphatic rings. The Balaban J connectivity index is 0.000000127. The number of hydrogen-bond acceptors (Lipinski definition) is 3. The van der Waals surface area contributed by atoms with Crippen LogP contribution >= 0.6 is 0 Å². The number of anilines is 3. The minimum Gasteiger partial charge on any atom is -0.423 e. The first-order valence-electron chi connectivity index (χ1n) is 32.4. The molecule has 0 unspecified atom stereocenters. The molecule has 5 nitrogen and oxygen atoms in total. The molecule has 96 heavy (non-hydrogen) atoms. The summed E-state index contributed by atoms with van der Waals surface area (Å²) in [5.74, 6) is 0. The Morgan fingerprint density at radius 1 is 0.281 bits per heavy atom. The Kier molecular flexibility index (Phi) is 19.7. The van der Waals surface area contributed by atoms with Gasteiger partial charge in [0.15, 0.2) is 0 Å². The van der Waals surface area contributed by atoms with Crippen molar-refractivity contribution in [2.24, 2.45) is 0 Å². The number of aryl methyl sites for hydroxylation is 4. The Hall–Kier alpha value is -11.8. The summed E-state index contributed by atoms with van der Waals surface area (Å²) in [4.78, 5) is 2.30. The molecule has 0 amide bonds. The number of para-hydroxylation sites is 2. The Morgan fingerprint density at radius 3 is 0.854 bits per heavy atom. The molecule has 0 radical (unpaired) electrons. The normalized spacial score (nSPS) is 10.8. The van der Waals surface area contributed by atoms with Crippen LogP contribution in [0.15, 0.2) is 330 Å². The first kappa shape index (κ1) is 64.3. The minimum atomic E-state index is -1.38. The van der Waals surface area contributed by atoms with Gasteiger partial charge in [-0.1, -0.05) is 279 Å². The molecule has 0 saturated heterocycles. The van der Waals surface area contributed by atoms with Crippen LogP contribution in [0.2, 0.25) is 0 Å². The minimum absolute atomic E-state index is 0.496. The lowest BCUT2D eigenvalue weighted by molar-refractivity contribution is 0.426. The fourth-order valence-electron chi connectivity index (χ4n) is 12.2. The van der Waals surface area contributed by atoms with Crippen LogP contribution in [0.25, 0.3) is 113 Å². The smallest absolute Gasteiger partial charge is 0.423 e. The average Bonchev–Trinajstić information content (AvgIpc) is 1.62. The van der Waals surface area contributed by atoms with E-state index < -0.39 is 7.12 Å². The van der Waals surface area contributed by atoms with Gasteiger partial charge in [0.05, 0.1) is 22.1 Å². The molecule has 15 aromatic rings. The summed E-state index contributed by atoms with van der Waals surface area (Å²) in [5, 5.41) is 22.6. The zero-order valence-electron chi connectivity index (χ0n) is 54.8. The van der Waals surface area contributed by atoms with Crippen molar-refractivity contribution in [3.8, 4) is 44.8 Å². The highest BCUT2D eigenvalue weighted by Crippen LogP contribution is 2.38. The van der Waals surface area contributed by atoms with E-state index in [4.69, 9.17) is 10.0 Å². The SMILES string of the molecule is C=Cc1ccc(-c2ccc(-n3c4ccc(C)cc4c4cc(C)ccc43)cc2)cc1.C=Cc1ccc(-c2ccc(-n3c4ccccc4c4ccccc43)cc2)cc1.C=Cc1ccc(-c2ccc(N(c3ccc(C)cc3)c3ccc(C)cc3)cc2)cc1.C=Cc1ccc(B(O)O)cc1. The molecular formula is C90H76BN3O2. The molecule has 2 heterocycles. The molecule has 0 bridgehead atoms. The van der Waals surface area contributed by atoms with Crippen LogP contribution in [0, 0.1) is 27.7 Å². The summed E-state index contributed by atoms with van der Waals surface area (Å²) in [6.45, 7) is 23.6. The predicted molar refractivity (Wildman–Crippen MR) is 415 cm³/mol. The highest BCUT2D eigenvalue weighted by Gasteiger charge is 2.16. The van der Waals surface area contributed by atoms with Gasteiger partial charge in [0.25, 0.3) is 0 Å². The zero-order chi connectivity index (χ0) is 66.7. The first-order chi connectivity index (χ1) is 46.9. The largest absolute Gasteiger partial charge is 0.488 e. The van der Waals surface area contributed by atoms with E-state index in [0.717, 1.165) is 39.3 Å². The van der Waals surface area contributed by atoms with E-state index in [2.05, 4.69) is 347 Å². The standard InChI is InChI=1S/C28H23N.C28H25N.C26H19N.C8H9BO2/c1-4-21-7-9-22(10-8-21)23-11-13-24(14-12-23)29-27-15-5-19(2)17-25(27)26-18-20(3)6-16-28(26)29;1-4-23-9-11-24(12-10-23)25-13-19-28(20-14-25)29(26-15-5-21(2)6-16-26)27-17-7-22(3)8-18-27;1-2-19-11-13-20(14-12-19)21-15-17-22(18-16-21)27-25-9-5-3-7-23(25)24-8-4-6-10-26(24)27;1-2-7-3-5-8(6-4-7)9(10)11/h4-18H,1H2,2-3H3;4-20H,1H2,2-3H3;2-18H,1H2;2-6,10-11H,1H2. The molecule has 2 N–H and O–H groups in total.